The number of carbonyl (C=O) groups excluding carboxylic acids is 2. The van der Waals surface area contributed by atoms with Crippen molar-refractivity contribution in [1.82, 2.24) is 10.2 Å². The number of oxime groups is 1. The van der Waals surface area contributed by atoms with Crippen LogP contribution in [0.1, 0.15) is 94.6 Å². The van der Waals surface area contributed by atoms with Crippen LogP contribution in [-0.2, 0) is 25.6 Å². The summed E-state index contributed by atoms with van der Waals surface area (Å²) >= 11 is 0. The second-order valence-electron chi connectivity index (χ2n) is 16.0. The molecular formula is C47H62FN3O10. The number of halogens is 1. The van der Waals surface area contributed by atoms with Crippen LogP contribution in [0, 0.1) is 23.6 Å². The molecule has 0 aromatic heterocycles. The molecular weight excluding hydrogens is 786 g/mol. The third-order valence-electron chi connectivity index (χ3n) is 12.0. The standard InChI is InChI=1S/C47H62FN3O10/c1-4-7-26-57-46(55)51(31-32-17-19-34(48)20-18-32)41-30-39(50-61-42-16-10-13-27-56-42)37-28-33(14-8-11-23-52)36(15-9-12-24-53)43-38-29-35(59-45(54)49-6-3)21-22-40(38)60-47(41,44(37)43)58-25-5-2/h4-5,17-22,28-29,33,36,41-44,52-53H,1-2,6-16,23-27,30-31H2,3H3,(H,49,54)/t33-,36+,41-,42?,43+,44+,47+/m0/s1. The maximum Gasteiger partial charge on any atom is 0.412 e. The lowest BCUT2D eigenvalue weighted by atomic mass is 9.55. The molecule has 2 heterocycles. The predicted octanol–water partition coefficient (Wildman–Crippen LogP) is 8.31. The van der Waals surface area contributed by atoms with E-state index in [0.29, 0.717) is 61.6 Å². The summed E-state index contributed by atoms with van der Waals surface area (Å²) in [6.07, 6.45) is 11.1. The Hall–Kier alpha value is -4.76. The molecule has 1 saturated carbocycles. The minimum absolute atomic E-state index is 0.00983. The van der Waals surface area contributed by atoms with Crippen LogP contribution in [-0.4, -0.2) is 90.7 Å². The van der Waals surface area contributed by atoms with Crippen molar-refractivity contribution in [2.45, 2.75) is 108 Å². The van der Waals surface area contributed by atoms with Crippen LogP contribution in [0.15, 0.2) is 84.6 Å². The van der Waals surface area contributed by atoms with E-state index in [-0.39, 0.29) is 57.1 Å². The van der Waals surface area contributed by atoms with Crippen molar-refractivity contribution in [1.29, 1.82) is 0 Å². The monoisotopic (exact) mass is 847 g/mol. The lowest BCUT2D eigenvalue weighted by Gasteiger charge is -2.59. The summed E-state index contributed by atoms with van der Waals surface area (Å²) in [5.41, 5.74) is 2.89. The molecule has 1 saturated heterocycles. The van der Waals surface area contributed by atoms with Gasteiger partial charge in [-0.05, 0) is 105 Å². The highest BCUT2D eigenvalue weighted by Crippen LogP contribution is 2.62. The molecule has 6 rings (SSSR count). The fraction of sp³-hybridized carbons (Fsp3) is 0.553. The molecule has 2 aromatic rings. The number of carbonyl (C=O) groups is 2. The van der Waals surface area contributed by atoms with Crippen LogP contribution >= 0.6 is 0 Å². The lowest BCUT2D eigenvalue weighted by molar-refractivity contribution is -0.256. The normalized spacial score (nSPS) is 25.8. The minimum Gasteiger partial charge on any atom is -0.459 e. The maximum atomic E-state index is 14.6. The number of fused-ring (bicyclic) bond motifs is 2. The van der Waals surface area contributed by atoms with Crippen LogP contribution in [0.5, 0.6) is 11.5 Å². The number of unbranched alkanes of at least 4 members (excludes halogenated alkanes) is 2. The number of nitrogens with one attached hydrogen (secondary N) is 1. The number of benzene rings is 2. The van der Waals surface area contributed by atoms with Crippen LogP contribution in [0.25, 0.3) is 0 Å². The molecule has 3 N–H and O–H groups in total. The molecule has 2 aliphatic carbocycles. The molecule has 332 valence electrons. The van der Waals surface area contributed by atoms with Gasteiger partial charge >= 0.3 is 12.2 Å². The van der Waals surface area contributed by atoms with E-state index in [4.69, 9.17) is 33.7 Å². The Morgan fingerprint density at radius 2 is 1.84 bits per heavy atom. The quantitative estimate of drug-likeness (QED) is 0.0634. The molecule has 0 spiro atoms. The van der Waals surface area contributed by atoms with Gasteiger partial charge in [0.25, 0.3) is 0 Å². The topological polar surface area (TPSA) is 158 Å². The molecule has 7 atom stereocenters. The summed E-state index contributed by atoms with van der Waals surface area (Å²) in [6.45, 7) is 10.8. The Labute approximate surface area is 358 Å². The Bertz CT molecular complexity index is 1850. The van der Waals surface area contributed by atoms with E-state index in [2.05, 4.69) is 24.6 Å². The average molecular weight is 848 g/mol. The zero-order chi connectivity index (χ0) is 43.2. The van der Waals surface area contributed by atoms with E-state index in [9.17, 15) is 24.2 Å². The molecule has 61 heavy (non-hydrogen) atoms. The second-order valence-corrected chi connectivity index (χ2v) is 16.0. The summed E-state index contributed by atoms with van der Waals surface area (Å²) < 4.78 is 46.2. The molecule has 1 unspecified atom stereocenters. The van der Waals surface area contributed by atoms with E-state index >= 15 is 0 Å². The SMILES string of the molecule is C=CCCOC(=O)N(Cc1ccc(F)cc1)[C@H]1CC(=NOC2CCCCO2)C2=C[C@H](CCCCO)[C@@H](CCCCO)[C@@H]3c4cc(OC(=O)NCC)ccc4O[C@@]1(OCC=C)[C@H]23. The summed E-state index contributed by atoms with van der Waals surface area (Å²) in [5, 5.41) is 27.4. The first kappa shape index (κ1) is 45.8. The molecule has 2 amide bonds. The Morgan fingerprint density at radius 3 is 2.54 bits per heavy atom. The van der Waals surface area contributed by atoms with Crippen LogP contribution in [0.3, 0.4) is 0 Å². The Balaban J connectivity index is 1.60. The van der Waals surface area contributed by atoms with Crippen molar-refractivity contribution >= 4 is 17.9 Å². The van der Waals surface area contributed by atoms with Crippen LogP contribution in [0.4, 0.5) is 14.0 Å². The number of aliphatic hydroxyl groups is 2. The van der Waals surface area contributed by atoms with E-state index in [1.165, 1.54) is 12.1 Å². The van der Waals surface area contributed by atoms with Gasteiger partial charge in [0, 0.05) is 50.6 Å². The fourth-order valence-electron chi connectivity index (χ4n) is 9.32. The molecule has 2 aliphatic heterocycles. The molecule has 14 heteroatoms. The summed E-state index contributed by atoms with van der Waals surface area (Å²) in [6, 6.07) is 10.4. The average Bonchev–Trinajstić information content (AvgIpc) is 3.26. The van der Waals surface area contributed by atoms with Crippen molar-refractivity contribution in [2.75, 3.05) is 39.6 Å². The number of hydrogen-bond donors (Lipinski definition) is 3. The van der Waals surface area contributed by atoms with Gasteiger partial charge < -0.3 is 44.1 Å². The molecule has 13 nitrogen and oxygen atoms in total. The maximum absolute atomic E-state index is 14.6. The van der Waals surface area contributed by atoms with E-state index < -0.39 is 42.0 Å². The number of nitrogens with zero attached hydrogens (tertiary/aromatic N) is 2. The first-order valence-electron chi connectivity index (χ1n) is 21.9. The number of rotatable bonds is 21. The van der Waals surface area contributed by atoms with Gasteiger partial charge in [0.1, 0.15) is 23.4 Å². The van der Waals surface area contributed by atoms with Crippen molar-refractivity contribution in [2.24, 2.45) is 22.9 Å². The van der Waals surface area contributed by atoms with Crippen molar-refractivity contribution < 1.29 is 52.7 Å². The van der Waals surface area contributed by atoms with Gasteiger partial charge in [-0.1, -0.05) is 48.4 Å². The van der Waals surface area contributed by atoms with Gasteiger partial charge in [0.05, 0.1) is 31.5 Å². The van der Waals surface area contributed by atoms with Crippen molar-refractivity contribution in [3.8, 4) is 11.5 Å². The van der Waals surface area contributed by atoms with Gasteiger partial charge in [-0.15, -0.1) is 13.2 Å². The van der Waals surface area contributed by atoms with Gasteiger partial charge in [-0.2, -0.15) is 0 Å². The molecule has 4 aliphatic rings. The Kier molecular flexibility index (Phi) is 16.8. The minimum atomic E-state index is -1.57. The summed E-state index contributed by atoms with van der Waals surface area (Å²) in [5.74, 6) is -2.18. The van der Waals surface area contributed by atoms with Crippen molar-refractivity contribution in [3.63, 3.8) is 0 Å². The van der Waals surface area contributed by atoms with Gasteiger partial charge in [0.15, 0.2) is 0 Å². The first-order chi connectivity index (χ1) is 29.8. The molecule has 2 fully saturated rings. The van der Waals surface area contributed by atoms with Crippen molar-refractivity contribution in [3.05, 3.63) is 96.4 Å². The Morgan fingerprint density at radius 1 is 1.05 bits per heavy atom. The first-order valence-corrected chi connectivity index (χ1v) is 21.9. The largest absolute Gasteiger partial charge is 0.459 e. The third kappa shape index (κ3) is 11.0. The van der Waals surface area contributed by atoms with E-state index in [1.807, 2.05) is 13.0 Å². The van der Waals surface area contributed by atoms with E-state index in [1.54, 1.807) is 41.3 Å². The molecule has 0 bridgehead atoms. The highest BCUT2D eigenvalue weighted by molar-refractivity contribution is 6.03. The van der Waals surface area contributed by atoms with E-state index in [0.717, 1.165) is 49.7 Å². The van der Waals surface area contributed by atoms with Gasteiger partial charge in [-0.25, -0.2) is 14.0 Å². The van der Waals surface area contributed by atoms with Gasteiger partial charge in [-0.3, -0.25) is 4.90 Å². The fourth-order valence-corrected chi connectivity index (χ4v) is 9.32. The van der Waals surface area contributed by atoms with Crippen LogP contribution < -0.4 is 14.8 Å². The number of amides is 2. The summed E-state index contributed by atoms with van der Waals surface area (Å²) in [4.78, 5) is 35.1. The highest BCUT2D eigenvalue weighted by Gasteiger charge is 2.65. The molecule has 0 radical (unpaired) electrons. The smallest absolute Gasteiger partial charge is 0.412 e. The highest BCUT2D eigenvalue weighted by atomic mass is 19.1. The predicted molar refractivity (Wildman–Crippen MR) is 227 cm³/mol. The number of aliphatic hydroxyl groups excluding tert-OH is 2. The van der Waals surface area contributed by atoms with Crippen LogP contribution in [0.2, 0.25) is 0 Å². The second kappa shape index (κ2) is 22.4. The number of hydrogen-bond acceptors (Lipinski definition) is 11. The lowest BCUT2D eigenvalue weighted by Crippen LogP contribution is -2.70. The number of ether oxygens (including phenoxy) is 5. The summed E-state index contributed by atoms with van der Waals surface area (Å²) in [7, 11) is 0. The third-order valence-corrected chi connectivity index (χ3v) is 12.0. The van der Waals surface area contributed by atoms with Gasteiger partial charge in [0.2, 0.25) is 12.1 Å². The zero-order valence-corrected chi connectivity index (χ0v) is 35.3. The number of allylic oxidation sites excluding steroid dienone is 1. The zero-order valence-electron chi connectivity index (χ0n) is 35.3. The molecule has 2 aromatic carbocycles.